The standard InChI is InChI=1S/C23H22F3N7O2/c1-14-12-33(13-27-14)17-10-9-15(11-19(17)34-4)28-20-29-21(32(2)3)31-22(30-20)35-18-8-6-5-7-16(18)23(24,25)26/h5-13H,1-4H3,(H,28,29,30,31). The molecule has 2 heterocycles. The van der Waals surface area contributed by atoms with Crippen LogP contribution in [0.4, 0.5) is 30.8 Å². The fraction of sp³-hybridized carbons (Fsp3) is 0.217. The van der Waals surface area contributed by atoms with Crippen LogP contribution < -0.4 is 19.7 Å². The number of imidazole rings is 1. The van der Waals surface area contributed by atoms with E-state index >= 15 is 0 Å². The number of hydrogen-bond donors (Lipinski definition) is 1. The lowest BCUT2D eigenvalue weighted by atomic mass is 10.2. The number of benzene rings is 2. The van der Waals surface area contributed by atoms with E-state index in [1.807, 2.05) is 23.8 Å². The highest BCUT2D eigenvalue weighted by atomic mass is 19.4. The van der Waals surface area contributed by atoms with Gasteiger partial charge < -0.3 is 24.3 Å². The number of aromatic nitrogens is 5. The molecule has 0 spiro atoms. The number of anilines is 3. The lowest BCUT2D eigenvalue weighted by Crippen LogP contribution is -2.15. The van der Waals surface area contributed by atoms with Gasteiger partial charge in [0.1, 0.15) is 11.5 Å². The molecule has 182 valence electrons. The van der Waals surface area contributed by atoms with Gasteiger partial charge in [0.25, 0.3) is 0 Å². The summed E-state index contributed by atoms with van der Waals surface area (Å²) in [6, 6.07) is 9.91. The SMILES string of the molecule is COc1cc(Nc2nc(Oc3ccccc3C(F)(F)F)nc(N(C)C)n2)ccc1-n1cnc(C)c1. The van der Waals surface area contributed by atoms with Crippen LogP contribution in [0.2, 0.25) is 0 Å². The van der Waals surface area contributed by atoms with Gasteiger partial charge >= 0.3 is 12.2 Å². The summed E-state index contributed by atoms with van der Waals surface area (Å²) >= 11 is 0. The Kier molecular flexibility index (Phi) is 6.45. The monoisotopic (exact) mass is 485 g/mol. The van der Waals surface area contributed by atoms with E-state index in [0.717, 1.165) is 17.4 Å². The molecule has 0 amide bonds. The third-order valence-corrected chi connectivity index (χ3v) is 4.82. The number of rotatable bonds is 7. The maximum atomic E-state index is 13.4. The Bertz CT molecular complexity index is 1340. The Morgan fingerprint density at radius 1 is 1.00 bits per heavy atom. The lowest BCUT2D eigenvalue weighted by molar-refractivity contribution is -0.138. The molecule has 0 aliphatic rings. The first-order valence-corrected chi connectivity index (χ1v) is 10.4. The Labute approximate surface area is 199 Å². The zero-order valence-corrected chi connectivity index (χ0v) is 19.3. The number of halogens is 3. The van der Waals surface area contributed by atoms with Crippen LogP contribution in [0.25, 0.3) is 5.69 Å². The lowest BCUT2D eigenvalue weighted by Gasteiger charge is -2.16. The second kappa shape index (κ2) is 9.49. The first-order valence-electron chi connectivity index (χ1n) is 10.4. The summed E-state index contributed by atoms with van der Waals surface area (Å²) in [5.41, 5.74) is 1.28. The van der Waals surface area contributed by atoms with Crippen molar-refractivity contribution in [1.82, 2.24) is 24.5 Å². The molecule has 0 unspecified atom stereocenters. The van der Waals surface area contributed by atoms with Gasteiger partial charge in [-0.25, -0.2) is 4.98 Å². The zero-order chi connectivity index (χ0) is 25.2. The van der Waals surface area contributed by atoms with Crippen LogP contribution in [0.15, 0.2) is 55.0 Å². The van der Waals surface area contributed by atoms with Gasteiger partial charge in [0.15, 0.2) is 0 Å². The Balaban J connectivity index is 1.66. The van der Waals surface area contributed by atoms with Gasteiger partial charge in [-0.1, -0.05) is 12.1 Å². The van der Waals surface area contributed by atoms with Crippen LogP contribution in [0.1, 0.15) is 11.3 Å². The second-order valence-corrected chi connectivity index (χ2v) is 7.67. The smallest absolute Gasteiger partial charge is 0.419 e. The molecule has 9 nitrogen and oxygen atoms in total. The van der Waals surface area contributed by atoms with Crippen molar-refractivity contribution in [2.75, 3.05) is 31.4 Å². The van der Waals surface area contributed by atoms with E-state index < -0.39 is 17.5 Å². The average molecular weight is 485 g/mol. The highest BCUT2D eigenvalue weighted by molar-refractivity contribution is 5.62. The van der Waals surface area contributed by atoms with Crippen molar-refractivity contribution in [3.8, 4) is 23.2 Å². The van der Waals surface area contributed by atoms with E-state index in [1.165, 1.54) is 18.2 Å². The highest BCUT2D eigenvalue weighted by Crippen LogP contribution is 2.37. The molecular formula is C23H22F3N7O2. The summed E-state index contributed by atoms with van der Waals surface area (Å²) in [5.74, 6) is 0.421. The summed E-state index contributed by atoms with van der Waals surface area (Å²) in [7, 11) is 4.93. The third-order valence-electron chi connectivity index (χ3n) is 4.82. The summed E-state index contributed by atoms with van der Waals surface area (Å²) in [6.45, 7) is 1.88. The maximum Gasteiger partial charge on any atom is 0.419 e. The summed E-state index contributed by atoms with van der Waals surface area (Å²) < 4.78 is 52.9. The van der Waals surface area contributed by atoms with Crippen molar-refractivity contribution in [3.63, 3.8) is 0 Å². The van der Waals surface area contributed by atoms with E-state index in [0.29, 0.717) is 11.4 Å². The topological polar surface area (TPSA) is 90.2 Å². The van der Waals surface area contributed by atoms with Gasteiger partial charge in [0, 0.05) is 32.0 Å². The summed E-state index contributed by atoms with van der Waals surface area (Å²) in [5, 5.41) is 3.03. The number of nitrogens with zero attached hydrogens (tertiary/aromatic N) is 6. The maximum absolute atomic E-state index is 13.4. The van der Waals surface area contributed by atoms with Crippen LogP contribution in [-0.4, -0.2) is 45.7 Å². The van der Waals surface area contributed by atoms with Crippen molar-refractivity contribution >= 4 is 17.6 Å². The largest absolute Gasteiger partial charge is 0.494 e. The van der Waals surface area contributed by atoms with Gasteiger partial charge in [-0.3, -0.25) is 0 Å². The van der Waals surface area contributed by atoms with Gasteiger partial charge in [0.05, 0.1) is 30.4 Å². The molecule has 0 saturated carbocycles. The van der Waals surface area contributed by atoms with E-state index in [9.17, 15) is 13.2 Å². The molecule has 1 N–H and O–H groups in total. The minimum atomic E-state index is -4.60. The van der Waals surface area contributed by atoms with Gasteiger partial charge in [-0.05, 0) is 31.2 Å². The zero-order valence-electron chi connectivity index (χ0n) is 19.3. The molecule has 2 aromatic heterocycles. The van der Waals surface area contributed by atoms with E-state index in [-0.39, 0.29) is 17.9 Å². The van der Waals surface area contributed by atoms with Gasteiger partial charge in [0.2, 0.25) is 11.9 Å². The molecule has 2 aromatic carbocycles. The van der Waals surface area contributed by atoms with Crippen molar-refractivity contribution in [2.24, 2.45) is 0 Å². The second-order valence-electron chi connectivity index (χ2n) is 7.67. The van der Waals surface area contributed by atoms with Crippen molar-refractivity contribution < 1.29 is 22.6 Å². The fourth-order valence-corrected chi connectivity index (χ4v) is 3.19. The molecule has 0 aliphatic carbocycles. The van der Waals surface area contributed by atoms with Crippen LogP contribution >= 0.6 is 0 Å². The molecule has 0 bridgehead atoms. The molecule has 4 rings (SSSR count). The minimum absolute atomic E-state index is 0.0801. The number of para-hydroxylation sites is 1. The molecular weight excluding hydrogens is 463 g/mol. The van der Waals surface area contributed by atoms with Crippen molar-refractivity contribution in [3.05, 3.63) is 66.2 Å². The predicted molar refractivity (Wildman–Crippen MR) is 124 cm³/mol. The first kappa shape index (κ1) is 23.8. The number of methoxy groups -OCH3 is 1. The van der Waals surface area contributed by atoms with Gasteiger partial charge in [-0.2, -0.15) is 28.1 Å². The molecule has 0 fully saturated rings. The first-order chi connectivity index (χ1) is 16.6. The number of ether oxygens (including phenoxy) is 2. The number of alkyl halides is 3. The van der Waals surface area contributed by atoms with Crippen molar-refractivity contribution in [1.29, 1.82) is 0 Å². The molecule has 0 atom stereocenters. The van der Waals surface area contributed by atoms with E-state index in [1.54, 1.807) is 44.6 Å². The predicted octanol–water partition coefficient (Wildman–Crippen LogP) is 5.00. The third kappa shape index (κ3) is 5.42. The summed E-state index contributed by atoms with van der Waals surface area (Å²) in [6.07, 6.45) is -1.05. The Morgan fingerprint density at radius 3 is 2.43 bits per heavy atom. The Hall–Kier alpha value is -4.35. The normalized spacial score (nSPS) is 11.3. The summed E-state index contributed by atoms with van der Waals surface area (Å²) in [4.78, 5) is 18.4. The quantitative estimate of drug-likeness (QED) is 0.391. The molecule has 12 heteroatoms. The number of nitrogens with one attached hydrogen (secondary N) is 1. The Morgan fingerprint density at radius 2 is 1.77 bits per heavy atom. The number of hydrogen-bond acceptors (Lipinski definition) is 8. The molecule has 0 saturated heterocycles. The highest BCUT2D eigenvalue weighted by Gasteiger charge is 2.34. The molecule has 0 aliphatic heterocycles. The van der Waals surface area contributed by atoms with Crippen LogP contribution in [0, 0.1) is 6.92 Å². The molecule has 0 radical (unpaired) electrons. The molecule has 35 heavy (non-hydrogen) atoms. The van der Waals surface area contributed by atoms with E-state index in [2.05, 4.69) is 25.3 Å². The fourth-order valence-electron chi connectivity index (χ4n) is 3.19. The van der Waals surface area contributed by atoms with Crippen LogP contribution in [0.5, 0.6) is 17.5 Å². The number of aryl methyl sites for hydroxylation is 1. The van der Waals surface area contributed by atoms with Gasteiger partial charge in [-0.15, -0.1) is 0 Å². The average Bonchev–Trinajstić information content (AvgIpc) is 3.24. The molecule has 4 aromatic rings. The minimum Gasteiger partial charge on any atom is -0.494 e. The van der Waals surface area contributed by atoms with Crippen molar-refractivity contribution in [2.45, 2.75) is 13.1 Å². The van der Waals surface area contributed by atoms with Crippen LogP contribution in [0.3, 0.4) is 0 Å². The van der Waals surface area contributed by atoms with Crippen LogP contribution in [-0.2, 0) is 6.18 Å². The van der Waals surface area contributed by atoms with E-state index in [4.69, 9.17) is 9.47 Å².